The molecule has 5 nitrogen and oxygen atoms in total. The van der Waals surface area contributed by atoms with Crippen molar-refractivity contribution in [2.45, 2.75) is 32.2 Å². The van der Waals surface area contributed by atoms with E-state index in [-0.39, 0.29) is 12.1 Å². The first-order valence-electron chi connectivity index (χ1n) is 8.18. The molecule has 5 heteroatoms. The highest BCUT2D eigenvalue weighted by molar-refractivity contribution is 5.90. The van der Waals surface area contributed by atoms with Gasteiger partial charge in [-0.3, -0.25) is 0 Å². The zero-order valence-electron chi connectivity index (χ0n) is 13.5. The largest absolute Gasteiger partial charge is 0.377 e. The number of morpholine rings is 1. The fourth-order valence-corrected chi connectivity index (χ4v) is 3.32. The van der Waals surface area contributed by atoms with Gasteiger partial charge in [0, 0.05) is 31.5 Å². The molecule has 0 unspecified atom stereocenters. The summed E-state index contributed by atoms with van der Waals surface area (Å²) in [5.74, 6) is 0. The van der Waals surface area contributed by atoms with Crippen molar-refractivity contribution in [2.75, 3.05) is 43.6 Å². The fourth-order valence-electron chi connectivity index (χ4n) is 3.32. The maximum Gasteiger partial charge on any atom is 0.322 e. The van der Waals surface area contributed by atoms with E-state index in [9.17, 15) is 4.79 Å². The summed E-state index contributed by atoms with van der Waals surface area (Å²) in [6.07, 6.45) is 3.17. The van der Waals surface area contributed by atoms with Crippen LogP contribution < -0.4 is 10.2 Å². The molecule has 2 amide bonds. The molecule has 0 aliphatic carbocycles. The summed E-state index contributed by atoms with van der Waals surface area (Å²) < 4.78 is 5.46. The van der Waals surface area contributed by atoms with Gasteiger partial charge in [0.1, 0.15) is 0 Å². The van der Waals surface area contributed by atoms with E-state index < -0.39 is 0 Å². The predicted octanol–water partition coefficient (Wildman–Crippen LogP) is 2.71. The quantitative estimate of drug-likeness (QED) is 0.913. The fraction of sp³-hybridized carbons (Fsp3) is 0.588. The topological polar surface area (TPSA) is 44.8 Å². The molecule has 1 aromatic carbocycles. The normalized spacial score (nSPS) is 21.5. The van der Waals surface area contributed by atoms with Crippen LogP contribution in [0.15, 0.2) is 18.2 Å². The number of nitrogens with one attached hydrogen (secondary N) is 1. The molecule has 2 aliphatic heterocycles. The highest BCUT2D eigenvalue weighted by Crippen LogP contribution is 2.28. The number of hydrogen-bond acceptors (Lipinski definition) is 3. The number of carbonyl (C=O) groups is 1. The van der Waals surface area contributed by atoms with Gasteiger partial charge in [-0.1, -0.05) is 6.92 Å². The van der Waals surface area contributed by atoms with Gasteiger partial charge in [0.05, 0.1) is 19.3 Å². The Morgan fingerprint density at radius 1 is 1.41 bits per heavy atom. The molecule has 1 aromatic rings. The van der Waals surface area contributed by atoms with E-state index in [2.05, 4.69) is 36.3 Å². The van der Waals surface area contributed by atoms with Crippen molar-refractivity contribution in [3.8, 4) is 0 Å². The third-order valence-corrected chi connectivity index (χ3v) is 4.64. The van der Waals surface area contributed by atoms with Crippen molar-refractivity contribution in [2.24, 2.45) is 0 Å². The van der Waals surface area contributed by atoms with E-state index in [1.807, 2.05) is 11.0 Å². The van der Waals surface area contributed by atoms with Crippen LogP contribution in [0.4, 0.5) is 16.2 Å². The molecular weight excluding hydrogens is 278 g/mol. The average molecular weight is 303 g/mol. The summed E-state index contributed by atoms with van der Waals surface area (Å²) in [7, 11) is 2.12. The van der Waals surface area contributed by atoms with Gasteiger partial charge in [0.15, 0.2) is 0 Å². The van der Waals surface area contributed by atoms with E-state index in [0.717, 1.165) is 25.1 Å². The molecule has 22 heavy (non-hydrogen) atoms. The van der Waals surface area contributed by atoms with Crippen LogP contribution in [0.2, 0.25) is 0 Å². The zero-order valence-corrected chi connectivity index (χ0v) is 13.5. The van der Waals surface area contributed by atoms with Crippen molar-refractivity contribution in [3.63, 3.8) is 0 Å². The number of urea groups is 1. The minimum atomic E-state index is -0.0146. The number of hydrogen-bond donors (Lipinski definition) is 1. The lowest BCUT2D eigenvalue weighted by Gasteiger charge is -2.35. The van der Waals surface area contributed by atoms with Crippen LogP contribution in [-0.4, -0.2) is 50.3 Å². The van der Waals surface area contributed by atoms with Gasteiger partial charge in [-0.2, -0.15) is 0 Å². The van der Waals surface area contributed by atoms with Crippen molar-refractivity contribution in [1.82, 2.24) is 4.90 Å². The molecule has 0 radical (unpaired) electrons. The van der Waals surface area contributed by atoms with Gasteiger partial charge in [-0.15, -0.1) is 0 Å². The Hall–Kier alpha value is -1.75. The predicted molar refractivity (Wildman–Crippen MR) is 88.7 cm³/mol. The van der Waals surface area contributed by atoms with E-state index in [1.165, 1.54) is 17.7 Å². The van der Waals surface area contributed by atoms with Crippen LogP contribution in [0.25, 0.3) is 0 Å². The summed E-state index contributed by atoms with van der Waals surface area (Å²) in [5.41, 5.74) is 3.49. The lowest BCUT2D eigenvalue weighted by molar-refractivity contribution is 0.0144. The van der Waals surface area contributed by atoms with Crippen molar-refractivity contribution in [3.05, 3.63) is 23.8 Å². The molecule has 0 saturated carbocycles. The van der Waals surface area contributed by atoms with Crippen molar-refractivity contribution >= 4 is 17.4 Å². The van der Waals surface area contributed by atoms with Crippen LogP contribution in [0.1, 0.15) is 25.3 Å². The summed E-state index contributed by atoms with van der Waals surface area (Å²) in [5, 5.41) is 3.05. The molecule has 1 fully saturated rings. The highest BCUT2D eigenvalue weighted by Gasteiger charge is 2.26. The molecule has 3 rings (SSSR count). The zero-order chi connectivity index (χ0) is 15.5. The molecule has 0 bridgehead atoms. The van der Waals surface area contributed by atoms with Gasteiger partial charge in [-0.05, 0) is 43.0 Å². The Bertz CT molecular complexity index is 547. The number of aryl methyl sites for hydroxylation is 1. The number of rotatable bonds is 2. The Balaban J connectivity index is 1.71. The molecule has 1 saturated heterocycles. The van der Waals surface area contributed by atoms with Crippen LogP contribution >= 0.6 is 0 Å². The van der Waals surface area contributed by atoms with Gasteiger partial charge in [0.2, 0.25) is 0 Å². The highest BCUT2D eigenvalue weighted by atomic mass is 16.5. The maximum absolute atomic E-state index is 12.5. The molecule has 2 aliphatic rings. The number of carbonyl (C=O) groups excluding carboxylic acids is 1. The van der Waals surface area contributed by atoms with E-state index in [1.54, 1.807) is 0 Å². The molecule has 2 heterocycles. The second-order valence-electron chi connectivity index (χ2n) is 6.13. The van der Waals surface area contributed by atoms with Crippen LogP contribution in [-0.2, 0) is 11.2 Å². The number of amides is 2. The van der Waals surface area contributed by atoms with Crippen LogP contribution in [0, 0.1) is 0 Å². The maximum atomic E-state index is 12.5. The van der Waals surface area contributed by atoms with Gasteiger partial charge >= 0.3 is 6.03 Å². The number of anilines is 2. The SMILES string of the molecule is CC[C@H]1COCCN1C(=O)Nc1ccc2c(c1)CCCN2C. The first-order valence-corrected chi connectivity index (χ1v) is 8.18. The van der Waals surface area contributed by atoms with Crippen molar-refractivity contribution < 1.29 is 9.53 Å². The molecule has 120 valence electrons. The number of nitrogens with zero attached hydrogens (tertiary/aromatic N) is 2. The molecular formula is C17H25N3O2. The van der Waals surface area contributed by atoms with Crippen LogP contribution in [0.3, 0.4) is 0 Å². The Morgan fingerprint density at radius 2 is 2.27 bits per heavy atom. The van der Waals surface area contributed by atoms with Gasteiger partial charge in [0.25, 0.3) is 0 Å². The number of benzene rings is 1. The second-order valence-corrected chi connectivity index (χ2v) is 6.13. The first kappa shape index (κ1) is 15.2. The second kappa shape index (κ2) is 6.57. The van der Waals surface area contributed by atoms with E-state index in [4.69, 9.17) is 4.74 Å². The summed E-state index contributed by atoms with van der Waals surface area (Å²) >= 11 is 0. The Morgan fingerprint density at radius 3 is 3.09 bits per heavy atom. The Kier molecular flexibility index (Phi) is 4.52. The molecule has 1 atom stereocenters. The monoisotopic (exact) mass is 303 g/mol. The molecule has 0 spiro atoms. The van der Waals surface area contributed by atoms with Crippen LogP contribution in [0.5, 0.6) is 0 Å². The summed E-state index contributed by atoms with van der Waals surface area (Å²) in [6.45, 7) is 5.12. The molecule has 0 aromatic heterocycles. The lowest BCUT2D eigenvalue weighted by atomic mass is 10.0. The van der Waals surface area contributed by atoms with Crippen molar-refractivity contribution in [1.29, 1.82) is 0 Å². The average Bonchev–Trinajstić information content (AvgIpc) is 2.55. The van der Waals surface area contributed by atoms with E-state index in [0.29, 0.717) is 19.8 Å². The molecule has 1 N–H and O–H groups in total. The Labute approximate surface area is 132 Å². The summed E-state index contributed by atoms with van der Waals surface area (Å²) in [6, 6.07) is 6.39. The minimum absolute atomic E-state index is 0.0146. The number of fused-ring (bicyclic) bond motifs is 1. The first-order chi connectivity index (χ1) is 10.7. The smallest absolute Gasteiger partial charge is 0.322 e. The van der Waals surface area contributed by atoms with Gasteiger partial charge in [-0.25, -0.2) is 4.79 Å². The minimum Gasteiger partial charge on any atom is -0.377 e. The van der Waals surface area contributed by atoms with Gasteiger partial charge < -0.3 is 19.9 Å². The lowest BCUT2D eigenvalue weighted by Crippen LogP contribution is -2.50. The summed E-state index contributed by atoms with van der Waals surface area (Å²) in [4.78, 5) is 16.7. The number of ether oxygens (including phenoxy) is 1. The third-order valence-electron chi connectivity index (χ3n) is 4.64. The standard InChI is InChI=1S/C17H25N3O2/c1-3-15-12-22-10-9-20(15)17(21)18-14-6-7-16-13(11-14)5-4-8-19(16)2/h6-7,11,15H,3-5,8-10,12H2,1-2H3,(H,18,21)/t15-/m0/s1. The third kappa shape index (κ3) is 3.04. The van der Waals surface area contributed by atoms with E-state index >= 15 is 0 Å².